The fourth-order valence-electron chi connectivity index (χ4n) is 2.74. The van der Waals surface area contributed by atoms with Crippen molar-refractivity contribution in [3.05, 3.63) is 77.1 Å². The third-order valence-corrected chi connectivity index (χ3v) is 5.06. The number of amides is 3. The standard InChI is InChI=1S/C21H20N2O5S/c24-14-16(12-15-6-2-1-3-7-15)22-19(25)13-23-20(26)18(29-21(23)27)10-4-8-17-9-5-11-28-17/h1-11,16,24H,12-14H2,(H,22,25). The molecule has 1 atom stereocenters. The van der Waals surface area contributed by atoms with Gasteiger partial charge in [-0.15, -0.1) is 0 Å². The van der Waals surface area contributed by atoms with Crippen LogP contribution < -0.4 is 5.32 Å². The summed E-state index contributed by atoms with van der Waals surface area (Å²) in [6.45, 7) is -0.644. The monoisotopic (exact) mass is 412 g/mol. The predicted molar refractivity (Wildman–Crippen MR) is 110 cm³/mol. The molecule has 1 fully saturated rings. The molecule has 29 heavy (non-hydrogen) atoms. The van der Waals surface area contributed by atoms with E-state index < -0.39 is 29.6 Å². The lowest BCUT2D eigenvalue weighted by molar-refractivity contribution is -0.129. The molecule has 7 nitrogen and oxygen atoms in total. The fraction of sp³-hybridized carbons (Fsp3) is 0.190. The quantitative estimate of drug-likeness (QED) is 0.647. The van der Waals surface area contributed by atoms with Gasteiger partial charge in [0.2, 0.25) is 5.91 Å². The Morgan fingerprint density at radius 3 is 2.69 bits per heavy atom. The molecule has 2 aromatic rings. The van der Waals surface area contributed by atoms with E-state index >= 15 is 0 Å². The van der Waals surface area contributed by atoms with Crippen molar-refractivity contribution in [3.8, 4) is 0 Å². The first-order valence-corrected chi connectivity index (χ1v) is 9.78. The molecular formula is C21H20N2O5S. The summed E-state index contributed by atoms with van der Waals surface area (Å²) in [6, 6.07) is 12.4. The van der Waals surface area contributed by atoms with Gasteiger partial charge in [-0.1, -0.05) is 36.4 Å². The molecule has 1 aliphatic rings. The lowest BCUT2D eigenvalue weighted by Crippen LogP contribution is -2.45. The normalized spacial score (nSPS) is 16.7. The van der Waals surface area contributed by atoms with E-state index in [9.17, 15) is 19.5 Å². The highest BCUT2D eigenvalue weighted by atomic mass is 32.2. The van der Waals surface area contributed by atoms with Crippen molar-refractivity contribution >= 4 is 34.9 Å². The van der Waals surface area contributed by atoms with E-state index in [4.69, 9.17) is 4.42 Å². The fourth-order valence-corrected chi connectivity index (χ4v) is 3.53. The van der Waals surface area contributed by atoms with Crippen molar-refractivity contribution in [1.29, 1.82) is 0 Å². The molecule has 3 rings (SSSR count). The Morgan fingerprint density at radius 2 is 2.00 bits per heavy atom. The number of aliphatic hydroxyl groups excluding tert-OH is 1. The van der Waals surface area contributed by atoms with Gasteiger partial charge in [-0.25, -0.2) is 0 Å². The first kappa shape index (κ1) is 20.6. The van der Waals surface area contributed by atoms with Crippen LogP contribution in [0.2, 0.25) is 0 Å². The van der Waals surface area contributed by atoms with Gasteiger partial charge in [0.25, 0.3) is 11.1 Å². The maximum atomic E-state index is 12.4. The van der Waals surface area contributed by atoms with Gasteiger partial charge in [0, 0.05) is 0 Å². The summed E-state index contributed by atoms with van der Waals surface area (Å²) >= 11 is 0.776. The zero-order valence-electron chi connectivity index (χ0n) is 15.5. The van der Waals surface area contributed by atoms with Crippen molar-refractivity contribution in [3.63, 3.8) is 0 Å². The van der Waals surface area contributed by atoms with Gasteiger partial charge in [-0.2, -0.15) is 0 Å². The number of furan rings is 1. The molecule has 2 N–H and O–H groups in total. The number of thioether (sulfide) groups is 1. The molecule has 0 aliphatic carbocycles. The van der Waals surface area contributed by atoms with Crippen molar-refractivity contribution < 1.29 is 23.9 Å². The number of carbonyl (C=O) groups excluding carboxylic acids is 3. The van der Waals surface area contributed by atoms with Crippen molar-refractivity contribution in [2.45, 2.75) is 12.5 Å². The maximum Gasteiger partial charge on any atom is 0.294 e. The minimum Gasteiger partial charge on any atom is -0.465 e. The van der Waals surface area contributed by atoms with Crippen LogP contribution in [0.4, 0.5) is 4.79 Å². The van der Waals surface area contributed by atoms with E-state index in [0.29, 0.717) is 12.2 Å². The summed E-state index contributed by atoms with van der Waals surface area (Å²) in [5, 5.41) is 11.7. The molecule has 150 valence electrons. The van der Waals surface area contributed by atoms with E-state index in [0.717, 1.165) is 22.2 Å². The number of hydrogen-bond acceptors (Lipinski definition) is 6. The Labute approximate surface area is 172 Å². The number of allylic oxidation sites excluding steroid dienone is 2. The summed E-state index contributed by atoms with van der Waals surface area (Å²) in [7, 11) is 0. The number of nitrogens with one attached hydrogen (secondary N) is 1. The zero-order chi connectivity index (χ0) is 20.6. The minimum atomic E-state index is -0.525. The summed E-state index contributed by atoms with van der Waals surface area (Å²) in [5.41, 5.74) is 0.962. The van der Waals surface area contributed by atoms with Gasteiger partial charge in [-0.3, -0.25) is 19.3 Å². The molecule has 0 radical (unpaired) electrons. The largest absolute Gasteiger partial charge is 0.465 e. The molecule has 8 heteroatoms. The second-order valence-electron chi connectivity index (χ2n) is 6.30. The molecule has 0 spiro atoms. The van der Waals surface area contributed by atoms with Crippen LogP contribution in [-0.4, -0.2) is 46.3 Å². The highest BCUT2D eigenvalue weighted by molar-refractivity contribution is 8.18. The molecule has 1 aliphatic heterocycles. The molecule has 1 unspecified atom stereocenters. The number of nitrogens with zero attached hydrogens (tertiary/aromatic N) is 1. The number of carbonyl (C=O) groups is 3. The van der Waals surface area contributed by atoms with Crippen LogP contribution in [-0.2, 0) is 16.0 Å². The summed E-state index contributed by atoms with van der Waals surface area (Å²) in [4.78, 5) is 38.0. The molecule has 0 bridgehead atoms. The summed E-state index contributed by atoms with van der Waals surface area (Å²) < 4.78 is 5.15. The highest BCUT2D eigenvalue weighted by Crippen LogP contribution is 2.30. The van der Waals surface area contributed by atoms with E-state index in [-0.39, 0.29) is 11.5 Å². The van der Waals surface area contributed by atoms with Crippen LogP contribution >= 0.6 is 11.8 Å². The van der Waals surface area contributed by atoms with Crippen LogP contribution in [0, 0.1) is 0 Å². The Bertz CT molecular complexity index is 922. The average Bonchev–Trinajstić information content (AvgIpc) is 3.32. The second-order valence-corrected chi connectivity index (χ2v) is 7.29. The molecule has 0 saturated carbocycles. The lowest BCUT2D eigenvalue weighted by Gasteiger charge is -2.18. The van der Waals surface area contributed by atoms with Gasteiger partial charge < -0.3 is 14.8 Å². The number of hydrogen-bond donors (Lipinski definition) is 2. The van der Waals surface area contributed by atoms with Gasteiger partial charge in [0.15, 0.2) is 0 Å². The number of imide groups is 1. The first-order valence-electron chi connectivity index (χ1n) is 8.96. The smallest absolute Gasteiger partial charge is 0.294 e. The van der Waals surface area contributed by atoms with Crippen molar-refractivity contribution in [1.82, 2.24) is 10.2 Å². The highest BCUT2D eigenvalue weighted by Gasteiger charge is 2.36. The van der Waals surface area contributed by atoms with Crippen LogP contribution in [0.15, 0.2) is 70.2 Å². The topological polar surface area (TPSA) is 99.9 Å². The second kappa shape index (κ2) is 9.90. The zero-order valence-corrected chi connectivity index (χ0v) is 16.3. The van der Waals surface area contributed by atoms with Gasteiger partial charge in [0.05, 0.1) is 23.8 Å². The van der Waals surface area contributed by atoms with E-state index in [1.165, 1.54) is 12.3 Å². The Balaban J connectivity index is 1.56. The number of aliphatic hydroxyl groups is 1. The molecule has 2 heterocycles. The number of benzene rings is 1. The SMILES string of the molecule is O=C(CN1C(=O)SC(=CC=Cc2ccco2)C1=O)NC(CO)Cc1ccccc1. The minimum absolute atomic E-state index is 0.230. The summed E-state index contributed by atoms with van der Waals surface area (Å²) in [6.07, 6.45) is 6.76. The molecule has 1 aromatic carbocycles. The number of rotatable bonds is 8. The molecule has 1 saturated heterocycles. The van der Waals surface area contributed by atoms with E-state index in [1.807, 2.05) is 30.3 Å². The molecular weight excluding hydrogens is 392 g/mol. The van der Waals surface area contributed by atoms with Gasteiger partial charge in [-0.05, 0) is 48.0 Å². The lowest BCUT2D eigenvalue weighted by atomic mass is 10.1. The van der Waals surface area contributed by atoms with Crippen LogP contribution in [0.5, 0.6) is 0 Å². The first-order chi connectivity index (χ1) is 14.1. The Kier molecular flexibility index (Phi) is 7.04. The van der Waals surface area contributed by atoms with E-state index in [2.05, 4.69) is 5.32 Å². The van der Waals surface area contributed by atoms with Crippen molar-refractivity contribution in [2.75, 3.05) is 13.2 Å². The molecule has 1 aromatic heterocycles. The van der Waals surface area contributed by atoms with E-state index in [1.54, 1.807) is 24.3 Å². The Morgan fingerprint density at radius 1 is 1.21 bits per heavy atom. The third-order valence-electron chi connectivity index (χ3n) is 4.14. The third kappa shape index (κ3) is 5.69. The molecule has 3 amide bonds. The average molecular weight is 412 g/mol. The van der Waals surface area contributed by atoms with Crippen LogP contribution in [0.25, 0.3) is 6.08 Å². The van der Waals surface area contributed by atoms with Gasteiger partial charge in [0.1, 0.15) is 12.3 Å². The van der Waals surface area contributed by atoms with Crippen LogP contribution in [0.3, 0.4) is 0 Å². The predicted octanol–water partition coefficient (Wildman–Crippen LogP) is 2.59. The van der Waals surface area contributed by atoms with Crippen LogP contribution in [0.1, 0.15) is 11.3 Å². The maximum absolute atomic E-state index is 12.4. The van der Waals surface area contributed by atoms with Gasteiger partial charge >= 0.3 is 0 Å². The Hall–Kier alpha value is -3.10. The summed E-state index contributed by atoms with van der Waals surface area (Å²) in [5.74, 6) is -0.411. The van der Waals surface area contributed by atoms with Crippen molar-refractivity contribution in [2.24, 2.45) is 0 Å².